The third-order valence-electron chi connectivity index (χ3n) is 5.45. The topological polar surface area (TPSA) is 66.8 Å². The van der Waals surface area contributed by atoms with Gasteiger partial charge < -0.3 is 14.9 Å². The average Bonchev–Trinajstić information content (AvgIpc) is 2.55. The molecule has 2 heterocycles. The Kier molecular flexibility index (Phi) is 8.70. The van der Waals surface area contributed by atoms with Crippen molar-refractivity contribution in [2.75, 3.05) is 0 Å². The largest absolute Gasteiger partial charge is 0.481 e. The number of aliphatic hydroxyl groups is 1. The number of allylic oxidation sites excluding steroid dienone is 3. The minimum absolute atomic E-state index is 0.239. The van der Waals surface area contributed by atoms with Crippen LogP contribution in [0, 0.1) is 11.8 Å². The fourth-order valence-corrected chi connectivity index (χ4v) is 3.94. The average molecular weight is 350 g/mol. The monoisotopic (exact) mass is 350 g/mol. The molecular formula is C21H34O4. The molecule has 25 heavy (non-hydrogen) atoms. The van der Waals surface area contributed by atoms with Crippen molar-refractivity contribution in [3.8, 4) is 0 Å². The molecule has 2 saturated heterocycles. The second-order valence-electron chi connectivity index (χ2n) is 7.54. The Morgan fingerprint density at radius 2 is 2.04 bits per heavy atom. The van der Waals surface area contributed by atoms with Crippen molar-refractivity contribution in [2.45, 2.75) is 89.4 Å². The highest BCUT2D eigenvalue weighted by molar-refractivity contribution is 5.66. The van der Waals surface area contributed by atoms with Crippen molar-refractivity contribution >= 4 is 5.97 Å². The van der Waals surface area contributed by atoms with Gasteiger partial charge in [-0.1, -0.05) is 50.5 Å². The van der Waals surface area contributed by atoms with Crippen molar-refractivity contribution in [3.05, 3.63) is 24.3 Å². The number of aliphatic carboxylic acids is 1. The molecule has 2 aliphatic heterocycles. The maximum absolute atomic E-state index is 10.5. The number of carbonyl (C=O) groups is 1. The van der Waals surface area contributed by atoms with E-state index < -0.39 is 5.97 Å². The number of hydrogen-bond acceptors (Lipinski definition) is 3. The van der Waals surface area contributed by atoms with Gasteiger partial charge in [0.05, 0.1) is 18.3 Å². The molecule has 1 saturated carbocycles. The molecule has 0 aromatic rings. The molecule has 2 bridgehead atoms. The molecule has 142 valence electrons. The summed E-state index contributed by atoms with van der Waals surface area (Å²) < 4.78 is 5.91. The van der Waals surface area contributed by atoms with E-state index in [4.69, 9.17) is 9.84 Å². The standard InChI is InChI=1S/C21H34O4/c1-2-3-6-9-17(22)13-12-16-14-18-15-20(25-18)19(16)10-7-4-5-8-11-21(23)24/h4,7,12-13,16-20,22H,2-3,5-6,8-11,14-15H2,1H3,(H,23,24)/b7-4-,13-12+/t16?,17-,18-,19+,20-/m0/s1. The quantitative estimate of drug-likeness (QED) is 0.402. The van der Waals surface area contributed by atoms with E-state index in [-0.39, 0.29) is 12.5 Å². The summed E-state index contributed by atoms with van der Waals surface area (Å²) in [6.07, 6.45) is 18.2. The van der Waals surface area contributed by atoms with E-state index in [1.54, 1.807) is 0 Å². The van der Waals surface area contributed by atoms with Crippen LogP contribution in [0.4, 0.5) is 0 Å². The number of unbranched alkanes of at least 4 members (excludes halogenated alkanes) is 3. The van der Waals surface area contributed by atoms with Crippen molar-refractivity contribution in [1.29, 1.82) is 0 Å². The number of ether oxygens (including phenoxy) is 1. The lowest BCUT2D eigenvalue weighted by atomic mass is 9.70. The maximum atomic E-state index is 10.5. The van der Waals surface area contributed by atoms with Gasteiger partial charge in [0.15, 0.2) is 0 Å². The summed E-state index contributed by atoms with van der Waals surface area (Å²) in [4.78, 5) is 10.5. The maximum Gasteiger partial charge on any atom is 0.303 e. The number of fused-ring (bicyclic) bond motifs is 2. The van der Waals surface area contributed by atoms with Crippen molar-refractivity contribution in [2.24, 2.45) is 11.8 Å². The van der Waals surface area contributed by atoms with Gasteiger partial charge in [0, 0.05) is 12.8 Å². The summed E-state index contributed by atoms with van der Waals surface area (Å²) >= 11 is 0. The molecule has 0 radical (unpaired) electrons. The summed E-state index contributed by atoms with van der Waals surface area (Å²) in [6, 6.07) is 0. The Morgan fingerprint density at radius 3 is 2.76 bits per heavy atom. The van der Waals surface area contributed by atoms with Crippen molar-refractivity contribution in [3.63, 3.8) is 0 Å². The van der Waals surface area contributed by atoms with E-state index in [0.29, 0.717) is 30.5 Å². The van der Waals surface area contributed by atoms with Crippen molar-refractivity contribution in [1.82, 2.24) is 0 Å². The smallest absolute Gasteiger partial charge is 0.303 e. The Bertz CT molecular complexity index is 451. The predicted molar refractivity (Wildman–Crippen MR) is 99.4 cm³/mol. The van der Waals surface area contributed by atoms with Crippen molar-refractivity contribution < 1.29 is 19.7 Å². The van der Waals surface area contributed by atoms with Gasteiger partial charge >= 0.3 is 5.97 Å². The fourth-order valence-electron chi connectivity index (χ4n) is 3.94. The van der Waals surface area contributed by atoms with E-state index in [1.807, 2.05) is 6.08 Å². The van der Waals surface area contributed by atoms with Crippen LogP contribution in [0.15, 0.2) is 24.3 Å². The SMILES string of the molecule is CCCCC[C@H](O)/C=C/C1C[C@H]2C[C@H](O2)[C@@H]1C/C=C\CCCC(=O)O. The van der Waals surface area contributed by atoms with Gasteiger partial charge in [0.25, 0.3) is 0 Å². The number of hydrogen-bond donors (Lipinski definition) is 2. The van der Waals surface area contributed by atoms with Gasteiger partial charge in [-0.2, -0.15) is 0 Å². The zero-order valence-corrected chi connectivity index (χ0v) is 15.5. The lowest BCUT2D eigenvalue weighted by molar-refractivity contribution is -0.198. The minimum atomic E-state index is -0.725. The van der Waals surface area contributed by atoms with Crippen LogP contribution in [0.1, 0.15) is 71.1 Å². The lowest BCUT2D eigenvalue weighted by Crippen LogP contribution is -2.51. The highest BCUT2D eigenvalue weighted by Gasteiger charge is 2.45. The molecule has 3 aliphatic rings. The second-order valence-corrected chi connectivity index (χ2v) is 7.54. The van der Waals surface area contributed by atoms with E-state index in [9.17, 15) is 9.90 Å². The van der Waals surface area contributed by atoms with Crippen LogP contribution in [0.2, 0.25) is 0 Å². The molecule has 1 aliphatic carbocycles. The number of rotatable bonds is 12. The lowest BCUT2D eigenvalue weighted by Gasteiger charge is -2.50. The normalized spacial score (nSPS) is 29.8. The van der Waals surface area contributed by atoms with Gasteiger partial charge in [-0.05, 0) is 43.9 Å². The van der Waals surface area contributed by atoms with Crippen LogP contribution in [0.5, 0.6) is 0 Å². The van der Waals surface area contributed by atoms with E-state index in [2.05, 4.69) is 25.2 Å². The molecule has 3 rings (SSSR count). The number of carboxylic acid groups (broad SMARTS) is 1. The highest BCUT2D eigenvalue weighted by atomic mass is 16.5. The van der Waals surface area contributed by atoms with E-state index >= 15 is 0 Å². The summed E-state index contributed by atoms with van der Waals surface area (Å²) in [5.41, 5.74) is 0. The zero-order chi connectivity index (χ0) is 18.1. The first-order valence-electron chi connectivity index (χ1n) is 9.98. The molecule has 0 amide bonds. The Labute approximate surface area is 152 Å². The molecule has 0 aromatic heterocycles. The fraction of sp³-hybridized carbons (Fsp3) is 0.762. The number of aliphatic hydroxyl groups excluding tert-OH is 1. The number of carboxylic acids is 1. The van der Waals surface area contributed by atoms with Crippen LogP contribution >= 0.6 is 0 Å². The van der Waals surface area contributed by atoms with E-state index in [1.165, 1.54) is 19.3 Å². The first-order valence-corrected chi connectivity index (χ1v) is 9.98. The molecule has 5 atom stereocenters. The summed E-state index contributed by atoms with van der Waals surface area (Å²) in [5.74, 6) is 0.249. The van der Waals surface area contributed by atoms with Gasteiger partial charge in [0.1, 0.15) is 0 Å². The zero-order valence-electron chi connectivity index (χ0n) is 15.5. The molecule has 3 fully saturated rings. The van der Waals surface area contributed by atoms with Crippen LogP contribution in [-0.4, -0.2) is 34.5 Å². The molecule has 2 N–H and O–H groups in total. The van der Waals surface area contributed by atoms with E-state index in [0.717, 1.165) is 32.1 Å². The van der Waals surface area contributed by atoms with Gasteiger partial charge in [-0.3, -0.25) is 4.79 Å². The molecule has 1 unspecified atom stereocenters. The van der Waals surface area contributed by atoms with Crippen LogP contribution < -0.4 is 0 Å². The molecule has 0 aromatic carbocycles. The van der Waals surface area contributed by atoms with Gasteiger partial charge in [-0.15, -0.1) is 0 Å². The second kappa shape index (κ2) is 10.8. The first kappa shape index (κ1) is 20.2. The molecular weight excluding hydrogens is 316 g/mol. The minimum Gasteiger partial charge on any atom is -0.481 e. The molecule has 4 nitrogen and oxygen atoms in total. The van der Waals surface area contributed by atoms with Crippen LogP contribution in [0.25, 0.3) is 0 Å². The van der Waals surface area contributed by atoms with Gasteiger partial charge in [-0.25, -0.2) is 0 Å². The third kappa shape index (κ3) is 6.95. The van der Waals surface area contributed by atoms with Crippen LogP contribution in [-0.2, 0) is 9.53 Å². The first-order chi connectivity index (χ1) is 12.1. The Morgan fingerprint density at radius 1 is 1.24 bits per heavy atom. The Balaban J connectivity index is 1.76. The molecule has 0 spiro atoms. The van der Waals surface area contributed by atoms with Crippen LogP contribution in [0.3, 0.4) is 0 Å². The predicted octanol–water partition coefficient (Wildman–Crippen LogP) is 4.48. The molecule has 4 heteroatoms. The third-order valence-corrected chi connectivity index (χ3v) is 5.45. The highest BCUT2D eigenvalue weighted by Crippen LogP contribution is 2.45. The Hall–Kier alpha value is -1.13. The summed E-state index contributed by atoms with van der Waals surface area (Å²) in [7, 11) is 0. The summed E-state index contributed by atoms with van der Waals surface area (Å²) in [6.45, 7) is 2.18. The van der Waals surface area contributed by atoms with Gasteiger partial charge in [0.2, 0.25) is 0 Å². The summed E-state index contributed by atoms with van der Waals surface area (Å²) in [5, 5.41) is 18.8.